The summed E-state index contributed by atoms with van der Waals surface area (Å²) < 4.78 is 1.74. The molecule has 1 aromatic carbocycles. The van der Waals surface area contributed by atoms with Gasteiger partial charge in [0.25, 0.3) is 0 Å². The lowest BCUT2D eigenvalue weighted by molar-refractivity contribution is -0.115. The second kappa shape index (κ2) is 7.50. The minimum Gasteiger partial charge on any atom is -0.325 e. The lowest BCUT2D eigenvalue weighted by Gasteiger charge is -2.06. The maximum atomic E-state index is 11.4. The van der Waals surface area contributed by atoms with Gasteiger partial charge in [-0.05, 0) is 24.7 Å². The third kappa shape index (κ3) is 4.69. The lowest BCUT2D eigenvalue weighted by atomic mass is 10.2. The normalized spacial score (nSPS) is 9.74. The van der Waals surface area contributed by atoms with Crippen LogP contribution in [0.15, 0.2) is 36.9 Å². The number of halogens is 1. The van der Waals surface area contributed by atoms with Crippen LogP contribution in [0.2, 0.25) is 0 Å². The van der Waals surface area contributed by atoms with E-state index in [1.807, 2.05) is 24.3 Å². The summed E-state index contributed by atoms with van der Waals surface area (Å²) in [5, 5.41) is 9.63. The van der Waals surface area contributed by atoms with Gasteiger partial charge < -0.3 is 10.6 Å². The van der Waals surface area contributed by atoms with Gasteiger partial charge in [-0.3, -0.25) is 4.79 Å². The molecule has 0 aliphatic rings. The van der Waals surface area contributed by atoms with Gasteiger partial charge in [0.2, 0.25) is 5.91 Å². The second-order valence-electron chi connectivity index (χ2n) is 3.87. The second-order valence-corrected chi connectivity index (χ2v) is 3.87. The van der Waals surface area contributed by atoms with E-state index in [1.54, 1.807) is 18.1 Å². The van der Waals surface area contributed by atoms with E-state index in [1.165, 1.54) is 6.33 Å². The Labute approximate surface area is 117 Å². The number of anilines is 1. The Bertz CT molecular complexity index is 497. The summed E-state index contributed by atoms with van der Waals surface area (Å²) in [6.07, 6.45) is 3.18. The fourth-order valence-electron chi connectivity index (χ4n) is 1.56. The van der Waals surface area contributed by atoms with Crippen molar-refractivity contribution in [2.45, 2.75) is 6.54 Å². The molecule has 7 heteroatoms. The zero-order chi connectivity index (χ0) is 12.8. The lowest BCUT2D eigenvalue weighted by Crippen LogP contribution is -2.24. The highest BCUT2D eigenvalue weighted by Crippen LogP contribution is 2.10. The van der Waals surface area contributed by atoms with Crippen LogP contribution in [-0.4, -0.2) is 34.3 Å². The predicted molar refractivity (Wildman–Crippen MR) is 75.4 cm³/mol. The Morgan fingerprint density at radius 2 is 2.05 bits per heavy atom. The van der Waals surface area contributed by atoms with Crippen LogP contribution in [0.5, 0.6) is 0 Å². The van der Waals surface area contributed by atoms with E-state index in [-0.39, 0.29) is 18.3 Å². The fraction of sp³-hybridized carbons (Fsp3) is 0.250. The van der Waals surface area contributed by atoms with Gasteiger partial charge >= 0.3 is 0 Å². The first-order valence-electron chi connectivity index (χ1n) is 5.64. The molecule has 0 saturated carbocycles. The summed E-state index contributed by atoms with van der Waals surface area (Å²) in [6.45, 7) is 0.978. The largest absolute Gasteiger partial charge is 0.325 e. The van der Waals surface area contributed by atoms with Gasteiger partial charge in [-0.15, -0.1) is 12.4 Å². The topological polar surface area (TPSA) is 71.8 Å². The molecule has 0 spiro atoms. The standard InChI is InChI=1S/C12H15N5O.ClH/c1-13-6-12(18)16-11-4-2-10(3-5-11)7-17-9-14-8-15-17;/h2-5,8-9,13H,6-7H2,1H3,(H,16,18);1H. The zero-order valence-corrected chi connectivity index (χ0v) is 11.4. The SMILES string of the molecule is CNCC(=O)Nc1ccc(Cn2cncn2)cc1.Cl. The van der Waals surface area contributed by atoms with Crippen LogP contribution in [0.4, 0.5) is 5.69 Å². The maximum absolute atomic E-state index is 11.4. The van der Waals surface area contributed by atoms with Crippen molar-refractivity contribution in [3.63, 3.8) is 0 Å². The quantitative estimate of drug-likeness (QED) is 0.854. The molecule has 2 aromatic rings. The molecule has 0 bridgehead atoms. The molecule has 0 fully saturated rings. The Morgan fingerprint density at radius 3 is 2.63 bits per heavy atom. The van der Waals surface area contributed by atoms with Gasteiger partial charge in [0.05, 0.1) is 13.1 Å². The minimum absolute atomic E-state index is 0. The number of aromatic nitrogens is 3. The molecule has 19 heavy (non-hydrogen) atoms. The van der Waals surface area contributed by atoms with Gasteiger partial charge in [-0.25, -0.2) is 9.67 Å². The number of amides is 1. The molecule has 2 rings (SSSR count). The van der Waals surface area contributed by atoms with Crippen LogP contribution in [-0.2, 0) is 11.3 Å². The summed E-state index contributed by atoms with van der Waals surface area (Å²) >= 11 is 0. The van der Waals surface area contributed by atoms with Crippen molar-refractivity contribution >= 4 is 24.0 Å². The van der Waals surface area contributed by atoms with Crippen LogP contribution in [0, 0.1) is 0 Å². The van der Waals surface area contributed by atoms with E-state index in [0.29, 0.717) is 13.1 Å². The molecule has 1 heterocycles. The average Bonchev–Trinajstić information content (AvgIpc) is 2.85. The molecule has 0 saturated heterocycles. The molecular formula is C12H16ClN5O. The van der Waals surface area contributed by atoms with E-state index >= 15 is 0 Å². The van der Waals surface area contributed by atoms with Gasteiger partial charge in [0, 0.05) is 5.69 Å². The summed E-state index contributed by atoms with van der Waals surface area (Å²) in [6, 6.07) is 7.66. The molecule has 2 N–H and O–H groups in total. The molecular weight excluding hydrogens is 266 g/mol. The number of benzene rings is 1. The molecule has 1 amide bonds. The molecule has 1 aromatic heterocycles. The number of hydrogen-bond donors (Lipinski definition) is 2. The number of hydrogen-bond acceptors (Lipinski definition) is 4. The van der Waals surface area contributed by atoms with Gasteiger partial charge in [0.15, 0.2) is 0 Å². The first kappa shape index (κ1) is 15.1. The Kier molecular flexibility index (Phi) is 5.98. The number of carbonyl (C=O) groups is 1. The van der Waals surface area contributed by atoms with Crippen LogP contribution >= 0.6 is 12.4 Å². The van der Waals surface area contributed by atoms with Crippen LogP contribution < -0.4 is 10.6 Å². The third-order valence-corrected chi connectivity index (χ3v) is 2.39. The highest BCUT2D eigenvalue weighted by Gasteiger charge is 2.01. The van der Waals surface area contributed by atoms with Gasteiger partial charge in [0.1, 0.15) is 12.7 Å². The Balaban J connectivity index is 0.00000180. The monoisotopic (exact) mass is 281 g/mol. The van der Waals surface area contributed by atoms with Crippen molar-refractivity contribution in [2.75, 3.05) is 18.9 Å². The van der Waals surface area contributed by atoms with E-state index in [2.05, 4.69) is 20.7 Å². The van der Waals surface area contributed by atoms with E-state index in [0.717, 1.165) is 11.3 Å². The molecule has 0 aliphatic carbocycles. The predicted octanol–water partition coefficient (Wildman–Crippen LogP) is 0.906. The molecule has 0 radical (unpaired) electrons. The number of nitrogens with one attached hydrogen (secondary N) is 2. The number of likely N-dealkylation sites (N-methyl/N-ethyl adjacent to an activating group) is 1. The number of rotatable bonds is 5. The van der Waals surface area contributed by atoms with Crippen LogP contribution in [0.25, 0.3) is 0 Å². The summed E-state index contributed by atoms with van der Waals surface area (Å²) in [4.78, 5) is 15.2. The van der Waals surface area contributed by atoms with Crippen LogP contribution in [0.3, 0.4) is 0 Å². The van der Waals surface area contributed by atoms with Gasteiger partial charge in [-0.1, -0.05) is 12.1 Å². The van der Waals surface area contributed by atoms with E-state index in [4.69, 9.17) is 0 Å². The fourth-order valence-corrected chi connectivity index (χ4v) is 1.56. The van der Waals surface area contributed by atoms with Crippen molar-refractivity contribution < 1.29 is 4.79 Å². The molecule has 0 atom stereocenters. The summed E-state index contributed by atoms with van der Waals surface area (Å²) in [5.74, 6) is -0.0541. The highest BCUT2D eigenvalue weighted by atomic mass is 35.5. The molecule has 6 nitrogen and oxygen atoms in total. The Hall–Kier alpha value is -1.92. The number of nitrogens with zero attached hydrogens (tertiary/aromatic N) is 3. The van der Waals surface area contributed by atoms with E-state index in [9.17, 15) is 4.79 Å². The summed E-state index contributed by atoms with van der Waals surface area (Å²) in [7, 11) is 1.74. The van der Waals surface area contributed by atoms with Crippen molar-refractivity contribution in [3.05, 3.63) is 42.5 Å². The van der Waals surface area contributed by atoms with Crippen molar-refractivity contribution in [3.8, 4) is 0 Å². The Morgan fingerprint density at radius 1 is 1.32 bits per heavy atom. The number of carbonyl (C=O) groups excluding carboxylic acids is 1. The van der Waals surface area contributed by atoms with Gasteiger partial charge in [-0.2, -0.15) is 5.10 Å². The first-order valence-corrected chi connectivity index (χ1v) is 5.64. The third-order valence-electron chi connectivity index (χ3n) is 2.39. The minimum atomic E-state index is -0.0541. The smallest absolute Gasteiger partial charge is 0.238 e. The van der Waals surface area contributed by atoms with Crippen LogP contribution in [0.1, 0.15) is 5.56 Å². The van der Waals surface area contributed by atoms with Crippen molar-refractivity contribution in [1.82, 2.24) is 20.1 Å². The van der Waals surface area contributed by atoms with E-state index < -0.39 is 0 Å². The first-order chi connectivity index (χ1) is 8.78. The molecule has 0 unspecified atom stereocenters. The highest BCUT2D eigenvalue weighted by molar-refractivity contribution is 5.92. The zero-order valence-electron chi connectivity index (χ0n) is 10.5. The van der Waals surface area contributed by atoms with Crippen molar-refractivity contribution in [2.24, 2.45) is 0 Å². The summed E-state index contributed by atoms with van der Waals surface area (Å²) in [5.41, 5.74) is 1.89. The molecule has 102 valence electrons. The molecule has 0 aliphatic heterocycles. The maximum Gasteiger partial charge on any atom is 0.238 e. The van der Waals surface area contributed by atoms with Crippen molar-refractivity contribution in [1.29, 1.82) is 0 Å². The average molecular weight is 282 g/mol.